The minimum atomic E-state index is -0.424. The van der Waals surface area contributed by atoms with Gasteiger partial charge in [-0.25, -0.2) is 0 Å². The summed E-state index contributed by atoms with van der Waals surface area (Å²) in [6.07, 6.45) is 10.5. The van der Waals surface area contributed by atoms with Gasteiger partial charge >= 0.3 is 0 Å². The van der Waals surface area contributed by atoms with Gasteiger partial charge in [0.05, 0.1) is 34.9 Å². The van der Waals surface area contributed by atoms with E-state index in [9.17, 15) is 4.79 Å². The molecule has 3 heterocycles. The minimum absolute atomic E-state index is 0.0317. The van der Waals surface area contributed by atoms with Crippen molar-refractivity contribution in [1.82, 2.24) is 20.0 Å². The first-order valence-electron chi connectivity index (χ1n) is 14.7. The number of rotatable bonds is 6. The summed E-state index contributed by atoms with van der Waals surface area (Å²) < 4.78 is 11.5. The van der Waals surface area contributed by atoms with Crippen LogP contribution in [0.15, 0.2) is 65.9 Å². The predicted molar refractivity (Wildman–Crippen MR) is 161 cm³/mol. The highest BCUT2D eigenvalue weighted by Crippen LogP contribution is 2.69. The second-order valence-electron chi connectivity index (χ2n) is 12.2. The maximum Gasteiger partial charge on any atom is 0.237 e. The maximum atomic E-state index is 13.4. The SMILES string of the molecule is COC1C=CC2=C(C1)[C@]1(C[C@H]1c1ccc3c(/C=C/c4ccc(CN5C[C@@H](C)O[C@@H](C)C5)cc4)n[nH]c3c1)C(=O)N2C. The fourth-order valence-corrected chi connectivity index (χ4v) is 7.32. The van der Waals surface area contributed by atoms with Gasteiger partial charge < -0.3 is 14.4 Å². The number of H-pyrrole nitrogens is 1. The Bertz CT molecular complexity index is 1570. The van der Waals surface area contributed by atoms with Crippen molar-refractivity contribution in [3.8, 4) is 0 Å². The maximum absolute atomic E-state index is 13.4. The molecule has 7 heteroatoms. The third-order valence-electron chi connectivity index (χ3n) is 9.37. The number of nitrogens with one attached hydrogen (secondary N) is 1. The summed E-state index contributed by atoms with van der Waals surface area (Å²) in [5.41, 5.74) is 7.43. The average molecular weight is 551 g/mol. The molecular weight excluding hydrogens is 512 g/mol. The summed E-state index contributed by atoms with van der Waals surface area (Å²) in [5.74, 6) is 0.394. The molecular formula is C34H38N4O3. The number of hydrogen-bond donors (Lipinski definition) is 1. The predicted octanol–water partition coefficient (Wildman–Crippen LogP) is 5.52. The molecule has 0 radical (unpaired) electrons. The lowest BCUT2D eigenvalue weighted by Gasteiger charge is -2.35. The van der Waals surface area contributed by atoms with Crippen LogP contribution in [0.4, 0.5) is 0 Å². The van der Waals surface area contributed by atoms with Crippen LogP contribution in [-0.2, 0) is 20.8 Å². The Hall–Kier alpha value is -3.52. The van der Waals surface area contributed by atoms with Gasteiger partial charge in [0.1, 0.15) is 0 Å². The zero-order valence-corrected chi connectivity index (χ0v) is 24.3. The van der Waals surface area contributed by atoms with Crippen LogP contribution in [0.5, 0.6) is 0 Å². The number of morpholine rings is 1. The van der Waals surface area contributed by atoms with Crippen molar-refractivity contribution in [3.05, 3.63) is 88.3 Å². The van der Waals surface area contributed by atoms with Gasteiger partial charge in [-0.15, -0.1) is 0 Å². The van der Waals surface area contributed by atoms with Crippen LogP contribution in [-0.4, -0.2) is 71.5 Å². The van der Waals surface area contributed by atoms with E-state index in [1.807, 2.05) is 11.9 Å². The van der Waals surface area contributed by atoms with Crippen LogP contribution in [0.2, 0.25) is 0 Å². The zero-order valence-electron chi connectivity index (χ0n) is 24.3. The molecule has 1 spiro atoms. The molecule has 2 aliphatic carbocycles. The van der Waals surface area contributed by atoms with Crippen LogP contribution in [0.1, 0.15) is 55.0 Å². The molecule has 2 aliphatic heterocycles. The number of fused-ring (bicyclic) bond motifs is 2. The molecule has 41 heavy (non-hydrogen) atoms. The standard InChI is InChI=1S/C34H38N4O3/c1-21-18-38(19-22(2)41-21)20-24-7-5-23(6-8-24)9-13-30-27-12-10-25(15-31(27)36-35-30)29-17-34(29)28-16-26(40-4)11-14-32(28)37(3)33(34)39/h5-15,21-22,26,29H,16-20H2,1-4H3,(H,35,36)/b13-9+/t21-,22+,26?,29-,34-/m0/s1. The minimum Gasteiger partial charge on any atom is -0.377 e. The Morgan fingerprint density at radius 2 is 1.90 bits per heavy atom. The second-order valence-corrected chi connectivity index (χ2v) is 12.2. The quantitative estimate of drug-likeness (QED) is 0.438. The molecule has 1 saturated heterocycles. The van der Waals surface area contributed by atoms with Crippen molar-refractivity contribution in [3.63, 3.8) is 0 Å². The average Bonchev–Trinajstić information content (AvgIpc) is 3.55. The van der Waals surface area contributed by atoms with Gasteiger partial charge in [-0.1, -0.05) is 48.6 Å². The molecule has 1 N–H and O–H groups in total. The molecule has 3 aromatic rings. The van der Waals surface area contributed by atoms with Crippen molar-refractivity contribution in [1.29, 1.82) is 0 Å². The molecule has 212 valence electrons. The lowest BCUT2D eigenvalue weighted by molar-refractivity contribution is -0.130. The van der Waals surface area contributed by atoms with Gasteiger partial charge in [0.25, 0.3) is 0 Å². The van der Waals surface area contributed by atoms with Gasteiger partial charge in [0.2, 0.25) is 5.91 Å². The second kappa shape index (κ2) is 10.1. The first kappa shape index (κ1) is 26.4. The Labute approximate surface area is 241 Å². The smallest absolute Gasteiger partial charge is 0.237 e. The molecule has 1 unspecified atom stereocenters. The van der Waals surface area contributed by atoms with Gasteiger partial charge in [-0.2, -0.15) is 5.10 Å². The number of aromatic amines is 1. The van der Waals surface area contributed by atoms with Crippen LogP contribution >= 0.6 is 0 Å². The molecule has 7 nitrogen and oxygen atoms in total. The fourth-order valence-electron chi connectivity index (χ4n) is 7.32. The van der Waals surface area contributed by atoms with Crippen molar-refractivity contribution in [2.24, 2.45) is 5.41 Å². The summed E-state index contributed by atoms with van der Waals surface area (Å²) >= 11 is 0. The number of hydrogen-bond acceptors (Lipinski definition) is 5. The largest absolute Gasteiger partial charge is 0.377 e. The van der Waals surface area contributed by atoms with Crippen LogP contribution in [0, 0.1) is 5.41 Å². The number of allylic oxidation sites excluding steroid dienone is 1. The highest BCUT2D eigenvalue weighted by molar-refractivity contribution is 5.97. The van der Waals surface area contributed by atoms with E-state index in [-0.39, 0.29) is 30.1 Å². The van der Waals surface area contributed by atoms with E-state index < -0.39 is 5.41 Å². The van der Waals surface area contributed by atoms with Gasteiger partial charge in [-0.3, -0.25) is 14.8 Å². The molecule has 7 rings (SSSR count). The Balaban J connectivity index is 1.06. The van der Waals surface area contributed by atoms with Crippen molar-refractivity contribution in [2.75, 3.05) is 27.2 Å². The topological polar surface area (TPSA) is 70.7 Å². The zero-order chi connectivity index (χ0) is 28.3. The monoisotopic (exact) mass is 550 g/mol. The summed E-state index contributed by atoms with van der Waals surface area (Å²) in [4.78, 5) is 17.7. The normalized spacial score (nSPS) is 29.9. The van der Waals surface area contributed by atoms with E-state index in [0.717, 1.165) is 60.3 Å². The first-order valence-corrected chi connectivity index (χ1v) is 14.7. The third-order valence-corrected chi connectivity index (χ3v) is 9.37. The molecule has 4 aliphatic rings. The number of ether oxygens (including phenoxy) is 2. The van der Waals surface area contributed by atoms with Crippen molar-refractivity contribution < 1.29 is 14.3 Å². The van der Waals surface area contributed by atoms with Crippen LogP contribution < -0.4 is 0 Å². The summed E-state index contributed by atoms with van der Waals surface area (Å²) in [6, 6.07) is 15.3. The molecule has 5 atom stereocenters. The Morgan fingerprint density at radius 1 is 1.12 bits per heavy atom. The molecule has 1 saturated carbocycles. The lowest BCUT2D eigenvalue weighted by Crippen LogP contribution is -2.44. The highest BCUT2D eigenvalue weighted by atomic mass is 16.5. The van der Waals surface area contributed by atoms with E-state index in [1.54, 1.807) is 7.11 Å². The van der Waals surface area contributed by atoms with Crippen LogP contribution in [0.25, 0.3) is 23.1 Å². The van der Waals surface area contributed by atoms with E-state index in [4.69, 9.17) is 9.47 Å². The molecule has 0 bridgehead atoms. The number of amides is 1. The van der Waals surface area contributed by atoms with Crippen LogP contribution in [0.3, 0.4) is 0 Å². The molecule has 1 amide bonds. The van der Waals surface area contributed by atoms with Gasteiger partial charge in [0, 0.05) is 57.2 Å². The number of nitrogens with zero attached hydrogens (tertiary/aromatic N) is 3. The molecule has 2 fully saturated rings. The molecule has 1 aromatic heterocycles. The van der Waals surface area contributed by atoms with Gasteiger partial charge in [0.15, 0.2) is 0 Å². The van der Waals surface area contributed by atoms with E-state index in [1.165, 1.54) is 16.7 Å². The molecule has 2 aromatic carbocycles. The van der Waals surface area contributed by atoms with Gasteiger partial charge in [-0.05, 0) is 60.8 Å². The van der Waals surface area contributed by atoms with E-state index in [2.05, 4.69) is 95.7 Å². The lowest BCUT2D eigenvalue weighted by atomic mass is 9.85. The summed E-state index contributed by atoms with van der Waals surface area (Å²) in [7, 11) is 3.63. The van der Waals surface area contributed by atoms with Crippen molar-refractivity contribution in [2.45, 2.75) is 57.5 Å². The van der Waals surface area contributed by atoms with E-state index in [0.29, 0.717) is 0 Å². The highest BCUT2D eigenvalue weighted by Gasteiger charge is 2.67. The number of carbonyl (C=O) groups excluding carboxylic acids is 1. The number of carbonyl (C=O) groups is 1. The fraction of sp³-hybridized carbons (Fsp3) is 0.412. The number of likely N-dealkylation sites (N-methyl/N-ethyl adjacent to an activating group) is 1. The van der Waals surface area contributed by atoms with Crippen molar-refractivity contribution >= 4 is 29.0 Å². The number of benzene rings is 2. The Morgan fingerprint density at radius 3 is 2.66 bits per heavy atom. The number of methoxy groups -OCH3 is 1. The third kappa shape index (κ3) is 4.56. The summed E-state index contributed by atoms with van der Waals surface area (Å²) in [5, 5.41) is 8.91. The summed E-state index contributed by atoms with van der Waals surface area (Å²) in [6.45, 7) is 7.18. The Kier molecular flexibility index (Phi) is 6.49. The number of aromatic nitrogens is 2. The van der Waals surface area contributed by atoms with E-state index >= 15 is 0 Å². The first-order chi connectivity index (χ1) is 19.9.